The molecular weight excluding hydrogens is 434 g/mol. The Balaban J connectivity index is 1.45. The summed E-state index contributed by atoms with van der Waals surface area (Å²) in [6.45, 7) is 6.91. The standard InChI is InChI=1S/C27H45NO6/c1-15(4-7-23(32)28-11-9-24(33)34)18-5-6-19-25-20(14-22(31)27(18,19)3)26(2)10-8-17(29)12-16(26)13-21(25)30/h15-22,25,29-31H,4-14H2,1-3H3,(H,28,32)(H,33,34)/t15-,16?,17-,18-,19?,20?,21?,22+,25?,26+,27-/m1/s1. The largest absolute Gasteiger partial charge is 0.481 e. The second-order valence-electron chi connectivity index (χ2n) is 12.5. The van der Waals surface area contributed by atoms with Crippen LogP contribution in [0.25, 0.3) is 0 Å². The number of hydrogen-bond donors (Lipinski definition) is 5. The Morgan fingerprint density at radius 3 is 2.44 bits per heavy atom. The molecule has 4 fully saturated rings. The van der Waals surface area contributed by atoms with Crippen LogP contribution in [0.2, 0.25) is 0 Å². The van der Waals surface area contributed by atoms with Gasteiger partial charge in [-0.2, -0.15) is 0 Å². The quantitative estimate of drug-likeness (QED) is 0.382. The first-order valence-electron chi connectivity index (χ1n) is 13.5. The number of aliphatic carboxylic acids is 1. The van der Waals surface area contributed by atoms with Crippen molar-refractivity contribution in [3.05, 3.63) is 0 Å². The number of rotatable bonds is 7. The lowest BCUT2D eigenvalue weighted by Crippen LogP contribution is -2.62. The van der Waals surface area contributed by atoms with E-state index in [1.807, 2.05) is 0 Å². The lowest BCUT2D eigenvalue weighted by atomic mass is 9.43. The Morgan fingerprint density at radius 1 is 1.00 bits per heavy atom. The van der Waals surface area contributed by atoms with Crippen LogP contribution in [0.15, 0.2) is 0 Å². The van der Waals surface area contributed by atoms with E-state index in [1.165, 1.54) is 0 Å². The van der Waals surface area contributed by atoms with Crippen molar-refractivity contribution in [2.45, 2.75) is 103 Å². The zero-order valence-electron chi connectivity index (χ0n) is 21.1. The maximum Gasteiger partial charge on any atom is 0.305 e. The van der Waals surface area contributed by atoms with Gasteiger partial charge in [0.05, 0.1) is 24.7 Å². The van der Waals surface area contributed by atoms with Crippen LogP contribution in [-0.4, -0.2) is 57.2 Å². The summed E-state index contributed by atoms with van der Waals surface area (Å²) in [6.07, 6.45) is 6.00. The molecule has 5 unspecified atom stereocenters. The van der Waals surface area contributed by atoms with Crippen LogP contribution >= 0.6 is 0 Å². The molecule has 0 bridgehead atoms. The molecule has 0 aromatic rings. The van der Waals surface area contributed by atoms with E-state index in [-0.39, 0.29) is 65.6 Å². The summed E-state index contributed by atoms with van der Waals surface area (Å²) >= 11 is 0. The third-order valence-corrected chi connectivity index (χ3v) is 11.0. The summed E-state index contributed by atoms with van der Waals surface area (Å²) in [7, 11) is 0. The minimum absolute atomic E-state index is 0.0700. The third kappa shape index (κ3) is 4.41. The molecule has 0 saturated heterocycles. The molecule has 0 heterocycles. The number of fused-ring (bicyclic) bond motifs is 5. The van der Waals surface area contributed by atoms with E-state index in [1.54, 1.807) is 0 Å². The zero-order chi connectivity index (χ0) is 24.8. The van der Waals surface area contributed by atoms with Crippen molar-refractivity contribution < 1.29 is 30.0 Å². The van der Waals surface area contributed by atoms with Crippen LogP contribution in [-0.2, 0) is 9.59 Å². The maximum absolute atomic E-state index is 12.2. The first-order chi connectivity index (χ1) is 16.0. The Bertz CT molecular complexity index is 774. The molecule has 0 aliphatic heterocycles. The predicted molar refractivity (Wildman–Crippen MR) is 128 cm³/mol. The van der Waals surface area contributed by atoms with E-state index in [2.05, 4.69) is 26.1 Å². The number of hydrogen-bond acceptors (Lipinski definition) is 5. The van der Waals surface area contributed by atoms with Crippen molar-refractivity contribution >= 4 is 11.9 Å². The number of aliphatic hydroxyl groups is 3. The van der Waals surface area contributed by atoms with Crippen LogP contribution in [0.3, 0.4) is 0 Å². The summed E-state index contributed by atoms with van der Waals surface area (Å²) in [5, 5.41) is 44.7. The predicted octanol–water partition coefficient (Wildman–Crippen LogP) is 2.96. The minimum atomic E-state index is -0.919. The van der Waals surface area contributed by atoms with Gasteiger partial charge in [0.25, 0.3) is 0 Å². The molecule has 4 aliphatic carbocycles. The third-order valence-electron chi connectivity index (χ3n) is 11.0. The Morgan fingerprint density at radius 2 is 1.74 bits per heavy atom. The molecule has 4 aliphatic rings. The smallest absolute Gasteiger partial charge is 0.305 e. The molecule has 7 nitrogen and oxygen atoms in total. The van der Waals surface area contributed by atoms with Gasteiger partial charge in [0.2, 0.25) is 5.91 Å². The molecule has 11 atom stereocenters. The summed E-state index contributed by atoms with van der Waals surface area (Å²) in [5.41, 5.74) is -0.193. The van der Waals surface area contributed by atoms with Crippen molar-refractivity contribution in [1.29, 1.82) is 0 Å². The van der Waals surface area contributed by atoms with E-state index < -0.39 is 12.1 Å². The van der Waals surface area contributed by atoms with Gasteiger partial charge in [0, 0.05) is 13.0 Å². The van der Waals surface area contributed by atoms with Gasteiger partial charge in [-0.1, -0.05) is 20.8 Å². The van der Waals surface area contributed by atoms with E-state index in [4.69, 9.17) is 5.11 Å². The lowest BCUT2D eigenvalue weighted by molar-refractivity contribution is -0.207. The van der Waals surface area contributed by atoms with Gasteiger partial charge in [0.15, 0.2) is 0 Å². The van der Waals surface area contributed by atoms with Crippen LogP contribution in [0.5, 0.6) is 0 Å². The normalized spacial score (nSPS) is 46.6. The first kappa shape index (κ1) is 25.9. The van der Waals surface area contributed by atoms with Crippen LogP contribution in [0.1, 0.15) is 85.0 Å². The fourth-order valence-corrected chi connectivity index (χ4v) is 9.09. The molecule has 194 valence electrons. The molecule has 0 aromatic heterocycles. The summed E-state index contributed by atoms with van der Waals surface area (Å²) in [5.74, 6) is 0.609. The summed E-state index contributed by atoms with van der Waals surface area (Å²) in [6, 6.07) is 0. The van der Waals surface area contributed by atoms with Gasteiger partial charge in [0.1, 0.15) is 0 Å². The lowest BCUT2D eigenvalue weighted by Gasteiger charge is -2.63. The number of nitrogens with one attached hydrogen (secondary N) is 1. The summed E-state index contributed by atoms with van der Waals surface area (Å²) < 4.78 is 0. The fraction of sp³-hybridized carbons (Fsp3) is 0.926. The SMILES string of the molecule is C[C@H](CCC(=O)NCCC(=O)O)[C@H]1CCC2C3C(O)CC4C[C@H](O)CC[C@]4(C)C3C[C@H](O)[C@@]21C. The second kappa shape index (κ2) is 9.70. The van der Waals surface area contributed by atoms with Crippen molar-refractivity contribution in [2.75, 3.05) is 6.54 Å². The number of amides is 1. The zero-order valence-corrected chi connectivity index (χ0v) is 21.1. The number of carbonyl (C=O) groups is 2. The molecular formula is C27H45NO6. The van der Waals surface area contributed by atoms with Gasteiger partial charge in [-0.15, -0.1) is 0 Å². The average molecular weight is 480 g/mol. The van der Waals surface area contributed by atoms with Crippen molar-refractivity contribution in [1.82, 2.24) is 5.32 Å². The van der Waals surface area contributed by atoms with Gasteiger partial charge in [-0.05, 0) is 97.7 Å². The van der Waals surface area contributed by atoms with E-state index >= 15 is 0 Å². The van der Waals surface area contributed by atoms with Gasteiger partial charge < -0.3 is 25.7 Å². The van der Waals surface area contributed by atoms with E-state index in [9.17, 15) is 24.9 Å². The van der Waals surface area contributed by atoms with E-state index in [0.717, 1.165) is 44.9 Å². The van der Waals surface area contributed by atoms with Gasteiger partial charge in [-0.25, -0.2) is 0 Å². The monoisotopic (exact) mass is 479 g/mol. The molecule has 34 heavy (non-hydrogen) atoms. The Hall–Kier alpha value is -1.18. The van der Waals surface area contributed by atoms with Crippen molar-refractivity contribution in [2.24, 2.45) is 46.3 Å². The van der Waals surface area contributed by atoms with Crippen molar-refractivity contribution in [3.63, 3.8) is 0 Å². The molecule has 1 amide bonds. The highest BCUT2D eigenvalue weighted by atomic mass is 16.4. The topological polar surface area (TPSA) is 127 Å². The fourth-order valence-electron chi connectivity index (χ4n) is 9.09. The van der Waals surface area contributed by atoms with Crippen LogP contribution in [0.4, 0.5) is 0 Å². The molecule has 0 radical (unpaired) electrons. The highest BCUT2D eigenvalue weighted by Crippen LogP contribution is 2.68. The van der Waals surface area contributed by atoms with Crippen LogP contribution in [0, 0.1) is 46.3 Å². The van der Waals surface area contributed by atoms with Crippen molar-refractivity contribution in [3.8, 4) is 0 Å². The first-order valence-corrected chi connectivity index (χ1v) is 13.5. The second-order valence-corrected chi connectivity index (χ2v) is 12.5. The molecule has 0 aromatic carbocycles. The highest BCUT2D eigenvalue weighted by Gasteiger charge is 2.65. The number of carbonyl (C=O) groups excluding carboxylic acids is 1. The highest BCUT2D eigenvalue weighted by molar-refractivity contribution is 5.76. The number of carboxylic acids is 1. The minimum Gasteiger partial charge on any atom is -0.481 e. The molecule has 4 rings (SSSR count). The maximum atomic E-state index is 12.2. The molecule has 4 saturated carbocycles. The van der Waals surface area contributed by atoms with Gasteiger partial charge in [-0.3, -0.25) is 9.59 Å². The Labute approximate surface area is 203 Å². The van der Waals surface area contributed by atoms with E-state index in [0.29, 0.717) is 24.7 Å². The number of aliphatic hydroxyl groups excluding tert-OH is 3. The molecule has 7 heteroatoms. The molecule has 5 N–H and O–H groups in total. The number of carboxylic acid groups (broad SMARTS) is 1. The Kier molecular flexibility index (Phi) is 7.39. The van der Waals surface area contributed by atoms with Gasteiger partial charge >= 0.3 is 5.97 Å². The molecule has 0 spiro atoms. The average Bonchev–Trinajstić information content (AvgIpc) is 3.12. The van der Waals surface area contributed by atoms with Crippen LogP contribution < -0.4 is 5.32 Å². The summed E-state index contributed by atoms with van der Waals surface area (Å²) in [4.78, 5) is 22.8.